The van der Waals surface area contributed by atoms with Gasteiger partial charge in [-0.3, -0.25) is 4.79 Å². The monoisotopic (exact) mass is 661 g/mol. The molecule has 0 N–H and O–H groups in total. The summed E-state index contributed by atoms with van der Waals surface area (Å²) in [5, 5.41) is 0. The molecule has 0 fully saturated rings. The Morgan fingerprint density at radius 1 is 0.632 bits per heavy atom. The zero-order valence-electron chi connectivity index (χ0n) is 27.1. The van der Waals surface area contributed by atoms with Gasteiger partial charge < -0.3 is 4.74 Å². The van der Waals surface area contributed by atoms with E-state index in [0.29, 0.717) is 6.61 Å². The Kier molecular flexibility index (Phi) is 31.2. The fraction of sp³-hybridized carbons (Fsp3) is 0.971. The van der Waals surface area contributed by atoms with Crippen molar-refractivity contribution in [1.29, 1.82) is 0 Å². The van der Waals surface area contributed by atoms with E-state index in [4.69, 9.17) is 17.4 Å². The molecule has 0 aromatic rings. The van der Waals surface area contributed by atoms with Crippen LogP contribution in [0.3, 0.4) is 0 Å². The Balaban J connectivity index is 0. The number of unbranched alkanes of at least 4 members (excludes halogenated alkanes) is 11. The molecule has 0 aliphatic carbocycles. The number of carbonyl (C=O) groups excluding carboxylic acids is 1. The van der Waals surface area contributed by atoms with E-state index in [1.165, 1.54) is 94.3 Å². The summed E-state index contributed by atoms with van der Waals surface area (Å²) in [5.74, 6) is 2.21. The van der Waals surface area contributed by atoms with Crippen molar-refractivity contribution in [1.82, 2.24) is 0 Å². The number of hydrogen-bond acceptors (Lipinski definition) is 3. The first kappa shape index (κ1) is 40.8. The third-order valence-corrected chi connectivity index (χ3v) is 8.95. The molecule has 0 bridgehead atoms. The SMILES string of the molecule is CC(C)CCCCCOC(=O)C(S)(CCCCCC(C)C)CCCCCC(C)C.CCCCCCC[CH2][Sn]. The van der Waals surface area contributed by atoms with Gasteiger partial charge in [-0.2, -0.15) is 12.6 Å². The molecule has 38 heavy (non-hydrogen) atoms. The third kappa shape index (κ3) is 29.6. The van der Waals surface area contributed by atoms with Gasteiger partial charge in [-0.15, -0.1) is 0 Å². The molecule has 0 heterocycles. The van der Waals surface area contributed by atoms with Crippen LogP contribution >= 0.6 is 12.6 Å². The van der Waals surface area contributed by atoms with Gasteiger partial charge in [0.15, 0.2) is 0 Å². The van der Waals surface area contributed by atoms with Crippen LogP contribution < -0.4 is 0 Å². The molecule has 0 saturated carbocycles. The molecule has 0 saturated heterocycles. The summed E-state index contributed by atoms with van der Waals surface area (Å²) in [4.78, 5) is 12.9. The maximum atomic E-state index is 12.9. The van der Waals surface area contributed by atoms with E-state index in [1.54, 1.807) is 22.5 Å². The van der Waals surface area contributed by atoms with Crippen LogP contribution in [-0.4, -0.2) is 39.8 Å². The van der Waals surface area contributed by atoms with Crippen LogP contribution in [0.1, 0.15) is 177 Å². The molecule has 2 nitrogen and oxygen atoms in total. The quantitative estimate of drug-likeness (QED) is 0.0457. The third-order valence-electron chi connectivity index (χ3n) is 7.31. The van der Waals surface area contributed by atoms with Gasteiger partial charge in [-0.1, -0.05) is 112 Å². The number of esters is 1. The molecule has 0 unspecified atom stereocenters. The van der Waals surface area contributed by atoms with E-state index in [-0.39, 0.29) is 5.97 Å². The number of thiol groups is 1. The van der Waals surface area contributed by atoms with Crippen molar-refractivity contribution >= 4 is 41.1 Å². The summed E-state index contributed by atoms with van der Waals surface area (Å²) in [6, 6.07) is 0. The standard InChI is InChI=1S/C26H52O2S.C8H17.Sn/c1-22(2)16-10-7-13-19-26(29,20-14-8-11-17-23(3)4)25(27)28-21-15-9-12-18-24(5)6;1-3-5-7-8-6-4-2;/h22-24,29H,7-21H2,1-6H3;1,3-8H2,2H3;. The first-order valence-electron chi connectivity index (χ1n) is 16.6. The van der Waals surface area contributed by atoms with Gasteiger partial charge in [-0.05, 0) is 37.0 Å². The van der Waals surface area contributed by atoms with Crippen LogP contribution in [0.4, 0.5) is 0 Å². The normalized spacial score (nSPS) is 11.8. The first-order chi connectivity index (χ1) is 18.1. The predicted octanol–water partition coefficient (Wildman–Crippen LogP) is 11.6. The Bertz CT molecular complexity index is 469. The molecule has 3 radical (unpaired) electrons. The molecule has 4 heteroatoms. The van der Waals surface area contributed by atoms with Crippen molar-refractivity contribution in [2.75, 3.05) is 6.61 Å². The number of hydrogen-bond donors (Lipinski definition) is 1. The summed E-state index contributed by atoms with van der Waals surface area (Å²) in [6.45, 7) is 16.5. The second-order valence-electron chi connectivity index (χ2n) is 12.9. The number of rotatable bonds is 25. The average Bonchev–Trinajstić information content (AvgIpc) is 2.85. The van der Waals surface area contributed by atoms with Crippen molar-refractivity contribution in [3.05, 3.63) is 0 Å². The number of ether oxygens (including phenoxy) is 1. The summed E-state index contributed by atoms with van der Waals surface area (Å²) >= 11 is 6.60. The van der Waals surface area contributed by atoms with Crippen LogP contribution in [0.15, 0.2) is 0 Å². The molecule has 0 aromatic heterocycles. The molecule has 0 atom stereocenters. The average molecular weight is 661 g/mol. The van der Waals surface area contributed by atoms with Crippen molar-refractivity contribution in [3.63, 3.8) is 0 Å². The second kappa shape index (κ2) is 29.1. The van der Waals surface area contributed by atoms with E-state index in [2.05, 4.69) is 48.5 Å². The van der Waals surface area contributed by atoms with E-state index >= 15 is 0 Å². The van der Waals surface area contributed by atoms with E-state index < -0.39 is 4.75 Å². The Labute approximate surface area is 259 Å². The summed E-state index contributed by atoms with van der Waals surface area (Å²) in [5.41, 5.74) is 0. The minimum absolute atomic E-state index is 0.0718. The Hall–Kier alpha value is 0.619. The molecule has 227 valence electrons. The van der Waals surface area contributed by atoms with Gasteiger partial charge in [0.25, 0.3) is 0 Å². The zero-order chi connectivity index (χ0) is 29.1. The van der Waals surface area contributed by atoms with Gasteiger partial charge in [0.05, 0.1) is 6.61 Å². The fourth-order valence-corrected chi connectivity index (χ4v) is 5.75. The fourth-order valence-electron chi connectivity index (χ4n) is 4.66. The van der Waals surface area contributed by atoms with Crippen LogP contribution in [0.2, 0.25) is 4.44 Å². The van der Waals surface area contributed by atoms with Crippen molar-refractivity contribution < 1.29 is 9.53 Å². The summed E-state index contributed by atoms with van der Waals surface area (Å²) in [6.07, 6.45) is 24.6. The van der Waals surface area contributed by atoms with Gasteiger partial charge >= 0.3 is 78.4 Å². The topological polar surface area (TPSA) is 26.3 Å². The molecule has 0 rings (SSSR count). The Morgan fingerprint density at radius 2 is 1.03 bits per heavy atom. The first-order valence-corrected chi connectivity index (χ1v) is 19.1. The van der Waals surface area contributed by atoms with Crippen LogP contribution in [0, 0.1) is 17.8 Å². The van der Waals surface area contributed by atoms with Gasteiger partial charge in [-0.25, -0.2) is 0 Å². The molecule has 0 aromatic carbocycles. The van der Waals surface area contributed by atoms with E-state index in [0.717, 1.165) is 56.3 Å². The maximum absolute atomic E-state index is 12.9. The molecule has 0 amide bonds. The van der Waals surface area contributed by atoms with Gasteiger partial charge in [0.1, 0.15) is 4.75 Å². The molecular weight excluding hydrogens is 591 g/mol. The zero-order valence-corrected chi connectivity index (χ0v) is 30.8. The second-order valence-corrected chi connectivity index (χ2v) is 15.2. The van der Waals surface area contributed by atoms with Crippen molar-refractivity contribution in [3.8, 4) is 0 Å². The molecule has 0 aliphatic heterocycles. The van der Waals surface area contributed by atoms with Crippen molar-refractivity contribution in [2.24, 2.45) is 17.8 Å². The minimum atomic E-state index is -0.590. The number of carbonyl (C=O) groups is 1. The van der Waals surface area contributed by atoms with Gasteiger partial charge in [0, 0.05) is 0 Å². The Morgan fingerprint density at radius 3 is 1.45 bits per heavy atom. The van der Waals surface area contributed by atoms with Crippen molar-refractivity contribution in [2.45, 2.75) is 186 Å². The summed E-state index contributed by atoms with van der Waals surface area (Å²) < 4.78 is 6.56. The molecule has 0 spiro atoms. The summed E-state index contributed by atoms with van der Waals surface area (Å²) in [7, 11) is 0. The van der Waals surface area contributed by atoms with E-state index in [9.17, 15) is 4.79 Å². The van der Waals surface area contributed by atoms with Crippen LogP contribution in [0.5, 0.6) is 0 Å². The molecular formula is C34H69O2SSn. The van der Waals surface area contributed by atoms with Crippen LogP contribution in [-0.2, 0) is 9.53 Å². The van der Waals surface area contributed by atoms with E-state index in [1.807, 2.05) is 0 Å². The molecule has 0 aliphatic rings. The van der Waals surface area contributed by atoms with Crippen LogP contribution in [0.25, 0.3) is 0 Å². The predicted molar refractivity (Wildman–Crippen MR) is 176 cm³/mol. The van der Waals surface area contributed by atoms with Gasteiger partial charge in [0.2, 0.25) is 0 Å².